The van der Waals surface area contributed by atoms with Gasteiger partial charge in [-0.25, -0.2) is 0 Å². The van der Waals surface area contributed by atoms with Crippen molar-refractivity contribution in [3.63, 3.8) is 0 Å². The zero-order chi connectivity index (χ0) is 17.9. The maximum Gasteiger partial charge on any atom is 0.279 e. The average molecular weight is 365 g/mol. The molecule has 0 fully saturated rings. The van der Waals surface area contributed by atoms with Crippen molar-refractivity contribution < 1.29 is 9.59 Å². The molecule has 0 radical (unpaired) electrons. The molecular formula is C20H19N3O2S. The molecular weight excluding hydrogens is 346 g/mol. The summed E-state index contributed by atoms with van der Waals surface area (Å²) in [5, 5.41) is 0.754. The van der Waals surface area contributed by atoms with Gasteiger partial charge in [0, 0.05) is 16.5 Å². The summed E-state index contributed by atoms with van der Waals surface area (Å²) in [5.74, 6) is -0.621. The predicted molar refractivity (Wildman–Crippen MR) is 102 cm³/mol. The molecule has 1 aliphatic carbocycles. The van der Waals surface area contributed by atoms with E-state index in [1.54, 1.807) is 12.3 Å². The van der Waals surface area contributed by atoms with Gasteiger partial charge in [-0.1, -0.05) is 24.6 Å². The lowest BCUT2D eigenvalue weighted by atomic mass is 10.1. The van der Waals surface area contributed by atoms with E-state index in [9.17, 15) is 9.59 Å². The SMILES string of the molecule is O=C(NNC(=O)c1ccnc2ccccc12)c1cc2c(s1)CCCCC2. The number of aryl methyl sites for hydroxylation is 2. The Bertz CT molecular complexity index is 951. The van der Waals surface area contributed by atoms with Crippen molar-refractivity contribution in [1.82, 2.24) is 15.8 Å². The highest BCUT2D eigenvalue weighted by atomic mass is 32.1. The van der Waals surface area contributed by atoms with Crippen molar-refractivity contribution in [3.05, 3.63) is 63.5 Å². The monoisotopic (exact) mass is 365 g/mol. The number of para-hydroxylation sites is 1. The van der Waals surface area contributed by atoms with Crippen LogP contribution in [0, 0.1) is 0 Å². The average Bonchev–Trinajstić information content (AvgIpc) is 2.96. The zero-order valence-electron chi connectivity index (χ0n) is 14.2. The van der Waals surface area contributed by atoms with Gasteiger partial charge in [-0.2, -0.15) is 0 Å². The van der Waals surface area contributed by atoms with Crippen molar-refractivity contribution in [3.8, 4) is 0 Å². The molecule has 0 spiro atoms. The fraction of sp³-hybridized carbons (Fsp3) is 0.250. The number of carbonyl (C=O) groups excluding carboxylic acids is 2. The summed E-state index contributed by atoms with van der Waals surface area (Å²) in [5.41, 5.74) is 7.57. The highest BCUT2D eigenvalue weighted by Gasteiger charge is 2.17. The molecule has 5 nitrogen and oxygen atoms in total. The summed E-state index contributed by atoms with van der Waals surface area (Å²) in [6.07, 6.45) is 7.28. The van der Waals surface area contributed by atoms with Gasteiger partial charge in [0.2, 0.25) is 0 Å². The molecule has 3 aromatic rings. The van der Waals surface area contributed by atoms with Crippen LogP contribution in [0.3, 0.4) is 0 Å². The summed E-state index contributed by atoms with van der Waals surface area (Å²) in [7, 11) is 0. The third-order valence-corrected chi connectivity index (χ3v) is 5.89. The Hall–Kier alpha value is -2.73. The summed E-state index contributed by atoms with van der Waals surface area (Å²) in [4.78, 5) is 31.1. The Morgan fingerprint density at radius 1 is 0.962 bits per heavy atom. The van der Waals surface area contributed by atoms with Gasteiger partial charge in [0.05, 0.1) is 16.0 Å². The van der Waals surface area contributed by atoms with Crippen LogP contribution >= 0.6 is 11.3 Å². The lowest BCUT2D eigenvalue weighted by Gasteiger charge is -2.08. The van der Waals surface area contributed by atoms with Crippen LogP contribution in [0.25, 0.3) is 10.9 Å². The maximum absolute atomic E-state index is 12.5. The topological polar surface area (TPSA) is 71.1 Å². The van der Waals surface area contributed by atoms with E-state index < -0.39 is 0 Å². The molecule has 2 aromatic heterocycles. The molecule has 0 bridgehead atoms. The standard InChI is InChI=1S/C20H19N3O2S/c24-19(15-10-11-21-16-8-5-4-7-14(15)16)22-23-20(25)18-12-13-6-2-1-3-9-17(13)26-18/h4-5,7-8,10-12H,1-3,6,9H2,(H,22,24)(H,23,25). The fourth-order valence-corrected chi connectivity index (χ4v) is 4.46. The van der Waals surface area contributed by atoms with Gasteiger partial charge in [-0.3, -0.25) is 25.4 Å². The normalized spacial score (nSPS) is 13.7. The second kappa shape index (κ2) is 7.25. The smallest absolute Gasteiger partial charge is 0.267 e. The summed E-state index contributed by atoms with van der Waals surface area (Å²) in [6, 6.07) is 11.0. The predicted octanol–water partition coefficient (Wildman–Crippen LogP) is 3.64. The van der Waals surface area contributed by atoms with Gasteiger partial charge < -0.3 is 0 Å². The molecule has 0 atom stereocenters. The number of rotatable bonds is 2. The highest BCUT2D eigenvalue weighted by molar-refractivity contribution is 7.14. The van der Waals surface area contributed by atoms with Crippen LogP contribution < -0.4 is 10.9 Å². The summed E-state index contributed by atoms with van der Waals surface area (Å²) < 4.78 is 0. The Balaban J connectivity index is 1.46. The van der Waals surface area contributed by atoms with E-state index in [0.29, 0.717) is 10.4 Å². The number of aromatic nitrogens is 1. The van der Waals surface area contributed by atoms with Crippen LogP contribution in [0.1, 0.15) is 49.7 Å². The number of carbonyl (C=O) groups is 2. The van der Waals surface area contributed by atoms with Crippen LogP contribution in [0.2, 0.25) is 0 Å². The van der Waals surface area contributed by atoms with E-state index in [1.165, 1.54) is 41.0 Å². The second-order valence-corrected chi connectivity index (χ2v) is 7.54. The molecule has 6 heteroatoms. The van der Waals surface area contributed by atoms with E-state index in [-0.39, 0.29) is 11.8 Å². The van der Waals surface area contributed by atoms with E-state index in [0.717, 1.165) is 23.7 Å². The lowest BCUT2D eigenvalue weighted by molar-refractivity contribution is 0.0849. The minimum absolute atomic E-state index is 0.269. The molecule has 1 aliphatic rings. The molecule has 0 unspecified atom stereocenters. The minimum atomic E-state index is -0.352. The number of benzene rings is 1. The Kier molecular flexibility index (Phi) is 4.67. The molecule has 2 amide bonds. The minimum Gasteiger partial charge on any atom is -0.267 e. The highest BCUT2D eigenvalue weighted by Crippen LogP contribution is 2.28. The van der Waals surface area contributed by atoms with Crippen LogP contribution in [-0.4, -0.2) is 16.8 Å². The van der Waals surface area contributed by atoms with Crippen molar-refractivity contribution >= 4 is 34.1 Å². The Morgan fingerprint density at radius 2 is 1.77 bits per heavy atom. The van der Waals surface area contributed by atoms with E-state index in [2.05, 4.69) is 15.8 Å². The van der Waals surface area contributed by atoms with Crippen molar-refractivity contribution in [2.75, 3.05) is 0 Å². The van der Waals surface area contributed by atoms with Crippen LogP contribution in [0.4, 0.5) is 0 Å². The van der Waals surface area contributed by atoms with Gasteiger partial charge in [0.15, 0.2) is 0 Å². The summed E-state index contributed by atoms with van der Waals surface area (Å²) >= 11 is 1.53. The molecule has 2 heterocycles. The molecule has 2 N–H and O–H groups in total. The van der Waals surface area contributed by atoms with Crippen molar-refractivity contribution in [2.45, 2.75) is 32.1 Å². The Morgan fingerprint density at radius 3 is 2.69 bits per heavy atom. The maximum atomic E-state index is 12.5. The van der Waals surface area contributed by atoms with Gasteiger partial charge >= 0.3 is 0 Å². The molecule has 1 aromatic carbocycles. The number of nitrogens with one attached hydrogen (secondary N) is 2. The fourth-order valence-electron chi connectivity index (χ4n) is 3.32. The van der Waals surface area contributed by atoms with Gasteiger partial charge in [0.1, 0.15) is 0 Å². The number of amides is 2. The molecule has 0 saturated heterocycles. The second-order valence-electron chi connectivity index (χ2n) is 6.40. The molecule has 4 rings (SSSR count). The van der Waals surface area contributed by atoms with Gasteiger partial charge in [0.25, 0.3) is 11.8 Å². The number of pyridine rings is 1. The first-order valence-corrected chi connectivity index (χ1v) is 9.60. The molecule has 132 valence electrons. The van der Waals surface area contributed by atoms with Crippen LogP contribution in [0.5, 0.6) is 0 Å². The number of hydrazine groups is 1. The molecule has 0 aliphatic heterocycles. The van der Waals surface area contributed by atoms with Crippen molar-refractivity contribution in [1.29, 1.82) is 0 Å². The van der Waals surface area contributed by atoms with E-state index in [4.69, 9.17) is 0 Å². The van der Waals surface area contributed by atoms with Gasteiger partial charge in [-0.05, 0) is 49.4 Å². The quantitative estimate of drug-likeness (QED) is 0.538. The number of hydrogen-bond donors (Lipinski definition) is 2. The third kappa shape index (κ3) is 3.32. The van der Waals surface area contributed by atoms with Crippen LogP contribution in [-0.2, 0) is 12.8 Å². The van der Waals surface area contributed by atoms with E-state index in [1.807, 2.05) is 30.3 Å². The molecule has 0 saturated carbocycles. The summed E-state index contributed by atoms with van der Waals surface area (Å²) in [6.45, 7) is 0. The first-order chi connectivity index (χ1) is 12.7. The zero-order valence-corrected chi connectivity index (χ0v) is 15.1. The third-order valence-electron chi connectivity index (χ3n) is 4.65. The first kappa shape index (κ1) is 16.7. The first-order valence-electron chi connectivity index (χ1n) is 8.78. The van der Waals surface area contributed by atoms with E-state index >= 15 is 0 Å². The van der Waals surface area contributed by atoms with Gasteiger partial charge in [-0.15, -0.1) is 11.3 Å². The lowest BCUT2D eigenvalue weighted by Crippen LogP contribution is -2.41. The number of nitrogens with zero attached hydrogens (tertiary/aromatic N) is 1. The number of thiophene rings is 1. The Labute approximate surface area is 155 Å². The molecule has 26 heavy (non-hydrogen) atoms. The number of hydrogen-bond acceptors (Lipinski definition) is 4. The van der Waals surface area contributed by atoms with Crippen LogP contribution in [0.15, 0.2) is 42.6 Å². The van der Waals surface area contributed by atoms with Crippen molar-refractivity contribution in [2.24, 2.45) is 0 Å². The number of fused-ring (bicyclic) bond motifs is 2. The largest absolute Gasteiger partial charge is 0.279 e.